The fourth-order valence-corrected chi connectivity index (χ4v) is 2.70. The highest BCUT2D eigenvalue weighted by molar-refractivity contribution is 5.85. The van der Waals surface area contributed by atoms with E-state index < -0.39 is 0 Å². The number of piperidine rings is 1. The lowest BCUT2D eigenvalue weighted by Crippen LogP contribution is -2.40. The Morgan fingerprint density at radius 2 is 1.86 bits per heavy atom. The molecule has 1 aliphatic rings. The average molecular weight is 329 g/mol. The van der Waals surface area contributed by atoms with E-state index in [2.05, 4.69) is 0 Å². The minimum atomic E-state index is 0. The van der Waals surface area contributed by atoms with Crippen molar-refractivity contribution in [3.63, 3.8) is 0 Å². The summed E-state index contributed by atoms with van der Waals surface area (Å²) >= 11 is 0. The summed E-state index contributed by atoms with van der Waals surface area (Å²) in [5.74, 6) is 2.06. The number of carbonyl (C=O) groups is 1. The molecule has 1 aromatic rings. The smallest absolute Gasteiger partial charge is 0.226 e. The molecular weight excluding hydrogens is 304 g/mol. The van der Waals surface area contributed by atoms with Crippen LogP contribution in [0.3, 0.4) is 0 Å². The SMILES string of the molecule is COc1ccc(CC(=O)N2CCC(CN)CC2)cc1OC.Cl. The van der Waals surface area contributed by atoms with Crippen LogP contribution in [-0.4, -0.2) is 44.7 Å². The summed E-state index contributed by atoms with van der Waals surface area (Å²) in [5, 5.41) is 0. The number of rotatable bonds is 5. The molecule has 0 saturated carbocycles. The fraction of sp³-hybridized carbons (Fsp3) is 0.562. The standard InChI is InChI=1S/C16H24N2O3.ClH/c1-20-14-4-3-13(9-15(14)21-2)10-16(19)18-7-5-12(11-17)6-8-18;/h3-4,9,12H,5-8,10-11,17H2,1-2H3;1H. The van der Waals surface area contributed by atoms with Gasteiger partial charge in [0.15, 0.2) is 11.5 Å². The topological polar surface area (TPSA) is 64.8 Å². The minimum absolute atomic E-state index is 0. The Balaban J connectivity index is 0.00000242. The molecule has 1 saturated heterocycles. The van der Waals surface area contributed by atoms with Crippen molar-refractivity contribution in [2.75, 3.05) is 33.9 Å². The second kappa shape index (κ2) is 8.86. The van der Waals surface area contributed by atoms with Crippen LogP contribution in [-0.2, 0) is 11.2 Å². The number of halogens is 1. The third-order valence-corrected chi connectivity index (χ3v) is 4.10. The number of carbonyl (C=O) groups excluding carboxylic acids is 1. The van der Waals surface area contributed by atoms with Crippen LogP contribution in [0.2, 0.25) is 0 Å². The zero-order valence-corrected chi connectivity index (χ0v) is 14.0. The van der Waals surface area contributed by atoms with Crippen LogP contribution in [0, 0.1) is 5.92 Å². The van der Waals surface area contributed by atoms with Crippen LogP contribution >= 0.6 is 12.4 Å². The van der Waals surface area contributed by atoms with Gasteiger partial charge in [-0.3, -0.25) is 4.79 Å². The molecule has 22 heavy (non-hydrogen) atoms. The van der Waals surface area contributed by atoms with Gasteiger partial charge in [-0.25, -0.2) is 0 Å². The van der Waals surface area contributed by atoms with Gasteiger partial charge in [0.05, 0.1) is 20.6 Å². The van der Waals surface area contributed by atoms with Crippen molar-refractivity contribution in [3.8, 4) is 11.5 Å². The molecular formula is C16H25ClN2O3. The summed E-state index contributed by atoms with van der Waals surface area (Å²) in [7, 11) is 3.20. The zero-order chi connectivity index (χ0) is 15.2. The van der Waals surface area contributed by atoms with Gasteiger partial charge in [-0.2, -0.15) is 0 Å². The van der Waals surface area contributed by atoms with Gasteiger partial charge in [-0.1, -0.05) is 6.07 Å². The maximum Gasteiger partial charge on any atom is 0.226 e. The number of hydrogen-bond donors (Lipinski definition) is 1. The molecule has 0 radical (unpaired) electrons. The summed E-state index contributed by atoms with van der Waals surface area (Å²) < 4.78 is 10.5. The van der Waals surface area contributed by atoms with Crippen molar-refractivity contribution in [1.29, 1.82) is 0 Å². The van der Waals surface area contributed by atoms with E-state index in [1.807, 2.05) is 23.1 Å². The number of likely N-dealkylation sites (tertiary alicyclic amines) is 1. The molecule has 0 spiro atoms. The molecule has 2 rings (SSSR count). The van der Waals surface area contributed by atoms with E-state index in [9.17, 15) is 4.79 Å². The highest BCUT2D eigenvalue weighted by Crippen LogP contribution is 2.28. The van der Waals surface area contributed by atoms with Crippen molar-refractivity contribution in [1.82, 2.24) is 4.90 Å². The quantitative estimate of drug-likeness (QED) is 0.896. The van der Waals surface area contributed by atoms with Crippen LogP contribution < -0.4 is 15.2 Å². The van der Waals surface area contributed by atoms with Gasteiger partial charge in [0.1, 0.15) is 0 Å². The van der Waals surface area contributed by atoms with Crippen molar-refractivity contribution >= 4 is 18.3 Å². The Hall–Kier alpha value is -1.46. The van der Waals surface area contributed by atoms with E-state index in [-0.39, 0.29) is 18.3 Å². The summed E-state index contributed by atoms with van der Waals surface area (Å²) in [6.07, 6.45) is 2.41. The number of methoxy groups -OCH3 is 2. The number of hydrogen-bond acceptors (Lipinski definition) is 4. The lowest BCUT2D eigenvalue weighted by Gasteiger charge is -2.31. The number of ether oxygens (including phenoxy) is 2. The molecule has 2 N–H and O–H groups in total. The number of benzene rings is 1. The van der Waals surface area contributed by atoms with E-state index in [0.717, 1.165) is 38.0 Å². The summed E-state index contributed by atoms with van der Waals surface area (Å²) in [4.78, 5) is 14.3. The van der Waals surface area contributed by atoms with E-state index in [0.29, 0.717) is 23.8 Å². The Bertz CT molecular complexity index is 488. The molecule has 1 heterocycles. The monoisotopic (exact) mass is 328 g/mol. The van der Waals surface area contributed by atoms with E-state index in [1.165, 1.54) is 0 Å². The first-order chi connectivity index (χ1) is 10.2. The van der Waals surface area contributed by atoms with Crippen LogP contribution in [0.25, 0.3) is 0 Å². The van der Waals surface area contributed by atoms with Crippen LogP contribution in [0.1, 0.15) is 18.4 Å². The lowest BCUT2D eigenvalue weighted by molar-refractivity contribution is -0.131. The normalized spacial score (nSPS) is 15.1. The maximum absolute atomic E-state index is 12.3. The summed E-state index contributed by atoms with van der Waals surface area (Å²) in [5.41, 5.74) is 6.62. The summed E-state index contributed by atoms with van der Waals surface area (Å²) in [6.45, 7) is 2.35. The van der Waals surface area contributed by atoms with E-state index in [1.54, 1.807) is 14.2 Å². The first kappa shape index (κ1) is 18.6. The predicted molar refractivity (Wildman–Crippen MR) is 88.9 cm³/mol. The number of amides is 1. The Kier molecular flexibility index (Phi) is 7.48. The Labute approximate surface area is 138 Å². The Morgan fingerprint density at radius 3 is 2.41 bits per heavy atom. The van der Waals surface area contributed by atoms with Gasteiger partial charge in [0, 0.05) is 13.1 Å². The minimum Gasteiger partial charge on any atom is -0.493 e. The van der Waals surface area contributed by atoms with Gasteiger partial charge in [0.25, 0.3) is 0 Å². The molecule has 0 aromatic heterocycles. The van der Waals surface area contributed by atoms with Crippen molar-refractivity contribution in [2.45, 2.75) is 19.3 Å². The van der Waals surface area contributed by atoms with Crippen LogP contribution in [0.4, 0.5) is 0 Å². The molecule has 1 aliphatic heterocycles. The molecule has 0 unspecified atom stereocenters. The predicted octanol–water partition coefficient (Wildman–Crippen LogP) is 1.87. The van der Waals surface area contributed by atoms with Crippen molar-refractivity contribution in [2.24, 2.45) is 11.7 Å². The molecule has 0 bridgehead atoms. The molecule has 124 valence electrons. The van der Waals surface area contributed by atoms with Gasteiger partial charge in [0.2, 0.25) is 5.91 Å². The highest BCUT2D eigenvalue weighted by Gasteiger charge is 2.22. The van der Waals surface area contributed by atoms with E-state index >= 15 is 0 Å². The molecule has 1 fully saturated rings. The molecule has 6 heteroatoms. The van der Waals surface area contributed by atoms with Gasteiger partial charge in [-0.15, -0.1) is 12.4 Å². The second-order valence-corrected chi connectivity index (χ2v) is 5.43. The lowest BCUT2D eigenvalue weighted by atomic mass is 9.96. The molecule has 0 atom stereocenters. The Morgan fingerprint density at radius 1 is 1.23 bits per heavy atom. The second-order valence-electron chi connectivity index (χ2n) is 5.43. The number of nitrogens with zero attached hydrogens (tertiary/aromatic N) is 1. The van der Waals surface area contributed by atoms with Crippen LogP contribution in [0.15, 0.2) is 18.2 Å². The average Bonchev–Trinajstić information content (AvgIpc) is 2.54. The first-order valence-corrected chi connectivity index (χ1v) is 7.36. The van der Waals surface area contributed by atoms with Gasteiger partial charge < -0.3 is 20.1 Å². The molecule has 0 aliphatic carbocycles. The third kappa shape index (κ3) is 4.52. The third-order valence-electron chi connectivity index (χ3n) is 4.10. The molecule has 5 nitrogen and oxygen atoms in total. The largest absolute Gasteiger partial charge is 0.493 e. The maximum atomic E-state index is 12.3. The number of nitrogens with two attached hydrogens (primary N) is 1. The summed E-state index contributed by atoms with van der Waals surface area (Å²) in [6, 6.07) is 5.61. The zero-order valence-electron chi connectivity index (χ0n) is 13.2. The van der Waals surface area contributed by atoms with Gasteiger partial charge >= 0.3 is 0 Å². The molecule has 1 aromatic carbocycles. The fourth-order valence-electron chi connectivity index (χ4n) is 2.70. The molecule has 1 amide bonds. The van der Waals surface area contributed by atoms with Gasteiger partial charge in [-0.05, 0) is 43.0 Å². The first-order valence-electron chi connectivity index (χ1n) is 7.36. The van der Waals surface area contributed by atoms with E-state index in [4.69, 9.17) is 15.2 Å². The van der Waals surface area contributed by atoms with Crippen molar-refractivity contribution in [3.05, 3.63) is 23.8 Å². The highest BCUT2D eigenvalue weighted by atomic mass is 35.5. The van der Waals surface area contributed by atoms with Crippen molar-refractivity contribution < 1.29 is 14.3 Å². The van der Waals surface area contributed by atoms with Crippen LogP contribution in [0.5, 0.6) is 11.5 Å².